The summed E-state index contributed by atoms with van der Waals surface area (Å²) < 4.78 is 0. The van der Waals surface area contributed by atoms with Crippen LogP contribution in [0.2, 0.25) is 0 Å². The number of hydrogen-bond acceptors (Lipinski definition) is 11. The van der Waals surface area contributed by atoms with Crippen LogP contribution in [0, 0.1) is 0 Å². The molecule has 0 aliphatic carbocycles. The number of nitrogens with zero attached hydrogens (tertiary/aromatic N) is 1. The minimum atomic E-state index is -1.70. The predicted molar refractivity (Wildman–Crippen MR) is 189 cm³/mol. The van der Waals surface area contributed by atoms with E-state index in [4.69, 9.17) is 5.73 Å². The molecule has 4 rings (SSSR count). The number of nitrogens with one attached hydrogen (secondary N) is 6. The summed E-state index contributed by atoms with van der Waals surface area (Å²) in [6.07, 6.45) is 1.30. The number of aromatic nitrogens is 1. The van der Waals surface area contributed by atoms with Crippen LogP contribution in [0.25, 0.3) is 10.9 Å². The number of benzene rings is 1. The standard InChI is InChI=1S/C32H40N8O10S2/c33-28(46)23-16-52-51-11-8-25(42)36-20(7-10-41)29(47)35-15-26(43)37-21(13-27(44)45)30(48)38-22(12-17-14-34-19-5-2-1-4-18(17)19)32(50)40-9-3-6-24(40)31(49)39-23/h1-2,4-5,10,14,20-24,34H,3,6-9,11-13,15-16H2,(H2,33,46)(H,35,47)(H,36,42)(H,37,43)(H,38,48)(H,39,49)(H,44,45)/t20?,21?,22-,23?,24?/m0/s1. The number of carbonyl (C=O) groups is 9. The van der Waals surface area contributed by atoms with Gasteiger partial charge in [-0.15, -0.1) is 0 Å². The molecule has 2 fully saturated rings. The first kappa shape index (κ1) is 39.7. The Hall–Kier alpha value is -5.11. The van der Waals surface area contributed by atoms with Crippen LogP contribution in [0.5, 0.6) is 0 Å². The van der Waals surface area contributed by atoms with Crippen molar-refractivity contribution in [1.82, 2.24) is 36.5 Å². The van der Waals surface area contributed by atoms with Gasteiger partial charge < -0.3 is 52.1 Å². The molecule has 5 atom stereocenters. The zero-order valence-electron chi connectivity index (χ0n) is 27.9. The van der Waals surface area contributed by atoms with Gasteiger partial charge >= 0.3 is 5.97 Å². The van der Waals surface area contributed by atoms with Crippen LogP contribution in [0.4, 0.5) is 0 Å². The summed E-state index contributed by atoms with van der Waals surface area (Å²) >= 11 is 0. The second-order valence-electron chi connectivity index (χ2n) is 12.1. The number of carbonyl (C=O) groups excluding carboxylic acids is 8. The van der Waals surface area contributed by atoms with E-state index >= 15 is 0 Å². The van der Waals surface area contributed by atoms with Crippen LogP contribution in [-0.4, -0.2) is 123 Å². The van der Waals surface area contributed by atoms with Gasteiger partial charge in [0, 0.05) is 54.4 Å². The third-order valence-corrected chi connectivity index (χ3v) is 10.8. The molecule has 7 amide bonds. The van der Waals surface area contributed by atoms with Crippen molar-refractivity contribution >= 4 is 86.1 Å². The molecule has 4 unspecified atom stereocenters. The van der Waals surface area contributed by atoms with Gasteiger partial charge in [-0.1, -0.05) is 39.8 Å². The molecule has 280 valence electrons. The lowest BCUT2D eigenvalue weighted by Gasteiger charge is -2.30. The third kappa shape index (κ3) is 10.9. The van der Waals surface area contributed by atoms with Crippen molar-refractivity contribution < 1.29 is 48.3 Å². The quantitative estimate of drug-likeness (QED) is 0.113. The Morgan fingerprint density at radius 2 is 1.67 bits per heavy atom. The second kappa shape index (κ2) is 18.9. The Bertz CT molecular complexity index is 1700. The van der Waals surface area contributed by atoms with Gasteiger partial charge in [0.05, 0.1) is 13.0 Å². The van der Waals surface area contributed by atoms with Crippen molar-refractivity contribution in [3.05, 3.63) is 36.0 Å². The summed E-state index contributed by atoms with van der Waals surface area (Å²) in [7, 11) is 2.37. The van der Waals surface area contributed by atoms with E-state index in [1.807, 2.05) is 18.2 Å². The number of para-hydroxylation sites is 1. The molecule has 2 aliphatic heterocycles. The zero-order chi connectivity index (χ0) is 37.8. The summed E-state index contributed by atoms with van der Waals surface area (Å²) in [4.78, 5) is 119. The van der Waals surface area contributed by atoms with Crippen molar-refractivity contribution in [2.75, 3.05) is 24.6 Å². The first-order valence-corrected chi connectivity index (χ1v) is 18.9. The molecule has 1 aromatic carbocycles. The number of nitrogens with two attached hydrogens (primary N) is 1. The highest BCUT2D eigenvalue weighted by molar-refractivity contribution is 8.76. The largest absolute Gasteiger partial charge is 0.481 e. The lowest BCUT2D eigenvalue weighted by atomic mass is 10.0. The number of hydrogen-bond donors (Lipinski definition) is 8. The average Bonchev–Trinajstić information content (AvgIpc) is 3.76. The van der Waals surface area contributed by atoms with E-state index in [1.54, 1.807) is 12.3 Å². The van der Waals surface area contributed by atoms with Crippen LogP contribution in [0.3, 0.4) is 0 Å². The van der Waals surface area contributed by atoms with Crippen LogP contribution in [-0.2, 0) is 49.6 Å². The van der Waals surface area contributed by atoms with E-state index in [-0.39, 0.29) is 37.3 Å². The molecule has 0 radical (unpaired) electrons. The Balaban J connectivity index is 1.65. The van der Waals surface area contributed by atoms with Gasteiger partial charge in [0.1, 0.15) is 36.5 Å². The minimum Gasteiger partial charge on any atom is -0.481 e. The fraction of sp³-hybridized carbons (Fsp3) is 0.469. The third-order valence-electron chi connectivity index (χ3n) is 8.38. The molecule has 20 heteroatoms. The summed E-state index contributed by atoms with van der Waals surface area (Å²) in [6, 6.07) is 0.733. The fourth-order valence-corrected chi connectivity index (χ4v) is 7.95. The average molecular weight is 761 g/mol. The number of aromatic amines is 1. The number of primary amides is 1. The number of rotatable bonds is 7. The van der Waals surface area contributed by atoms with Crippen molar-refractivity contribution in [3.63, 3.8) is 0 Å². The SMILES string of the molecule is NC(=O)C1CSSCCC(=O)NC(CC=O)C(=O)NCC(=O)NC(CC(=O)O)C(=O)N[C@@H](Cc2c[nH]c3ccccc23)C(=O)N2CCCC2C(=O)N1. The Morgan fingerprint density at radius 3 is 2.40 bits per heavy atom. The number of amides is 7. The molecule has 1 aromatic heterocycles. The molecular weight excluding hydrogens is 721 g/mol. The highest BCUT2D eigenvalue weighted by Gasteiger charge is 2.40. The Labute approximate surface area is 305 Å². The van der Waals surface area contributed by atoms with Gasteiger partial charge in [0.15, 0.2) is 0 Å². The molecule has 2 saturated heterocycles. The Kier molecular flexibility index (Phi) is 14.4. The molecule has 52 heavy (non-hydrogen) atoms. The molecule has 0 spiro atoms. The van der Waals surface area contributed by atoms with Gasteiger partial charge in [0.25, 0.3) is 0 Å². The van der Waals surface area contributed by atoms with Gasteiger partial charge in [0.2, 0.25) is 41.4 Å². The minimum absolute atomic E-state index is 0.0371. The first-order valence-electron chi connectivity index (χ1n) is 16.4. The van der Waals surface area contributed by atoms with Crippen molar-refractivity contribution in [2.45, 2.75) is 68.7 Å². The molecular formula is C32H40N8O10S2. The number of carboxylic acids is 1. The highest BCUT2D eigenvalue weighted by atomic mass is 33.1. The van der Waals surface area contributed by atoms with Gasteiger partial charge in [-0.25, -0.2) is 0 Å². The van der Waals surface area contributed by atoms with Crippen LogP contribution in [0.15, 0.2) is 30.5 Å². The second-order valence-corrected chi connectivity index (χ2v) is 14.7. The topological polar surface area (TPSA) is 279 Å². The maximum Gasteiger partial charge on any atom is 0.305 e. The number of fused-ring (bicyclic) bond motifs is 2. The molecule has 3 heterocycles. The van der Waals surface area contributed by atoms with Crippen LogP contribution >= 0.6 is 21.6 Å². The fourth-order valence-electron chi connectivity index (χ4n) is 5.78. The van der Waals surface area contributed by atoms with Crippen LogP contribution in [0.1, 0.15) is 37.7 Å². The molecule has 9 N–H and O–H groups in total. The summed E-state index contributed by atoms with van der Waals surface area (Å²) in [5, 5.41) is 22.4. The van der Waals surface area contributed by atoms with E-state index < -0.39 is 96.9 Å². The maximum atomic E-state index is 14.2. The van der Waals surface area contributed by atoms with E-state index in [2.05, 4.69) is 31.6 Å². The monoisotopic (exact) mass is 760 g/mol. The number of aliphatic carboxylic acids is 1. The molecule has 18 nitrogen and oxygen atoms in total. The van der Waals surface area contributed by atoms with Crippen molar-refractivity contribution in [2.24, 2.45) is 5.73 Å². The summed E-state index contributed by atoms with van der Waals surface area (Å²) in [6.45, 7) is -0.589. The number of carboxylic acid groups (broad SMARTS) is 1. The molecule has 2 aromatic rings. The first-order chi connectivity index (χ1) is 24.9. The molecule has 0 saturated carbocycles. The predicted octanol–water partition coefficient (Wildman–Crippen LogP) is -1.91. The Morgan fingerprint density at radius 1 is 0.923 bits per heavy atom. The van der Waals surface area contributed by atoms with E-state index in [0.717, 1.165) is 21.7 Å². The molecule has 2 aliphatic rings. The van der Waals surface area contributed by atoms with E-state index in [0.29, 0.717) is 18.3 Å². The number of H-pyrrole nitrogens is 1. The van der Waals surface area contributed by atoms with Crippen LogP contribution < -0.4 is 32.3 Å². The van der Waals surface area contributed by atoms with Crippen molar-refractivity contribution in [3.8, 4) is 0 Å². The summed E-state index contributed by atoms with van der Waals surface area (Å²) in [5.74, 6) is -6.73. The van der Waals surface area contributed by atoms with Crippen molar-refractivity contribution in [1.29, 1.82) is 0 Å². The maximum absolute atomic E-state index is 14.2. The highest BCUT2D eigenvalue weighted by Crippen LogP contribution is 2.25. The van der Waals surface area contributed by atoms with Gasteiger partial charge in [-0.3, -0.25) is 38.4 Å². The summed E-state index contributed by atoms with van der Waals surface area (Å²) in [5.41, 5.74) is 6.96. The molecule has 0 bridgehead atoms. The number of aldehydes is 1. The van der Waals surface area contributed by atoms with E-state index in [9.17, 15) is 48.3 Å². The zero-order valence-corrected chi connectivity index (χ0v) is 29.5. The lowest BCUT2D eigenvalue weighted by Crippen LogP contribution is -2.59. The van der Waals surface area contributed by atoms with E-state index in [1.165, 1.54) is 15.7 Å². The van der Waals surface area contributed by atoms with Gasteiger partial charge in [-0.05, 0) is 24.5 Å². The normalized spacial score (nSPS) is 24.8. The smallest absolute Gasteiger partial charge is 0.305 e. The lowest BCUT2D eigenvalue weighted by molar-refractivity contribution is -0.143. The van der Waals surface area contributed by atoms with Gasteiger partial charge in [-0.2, -0.15) is 0 Å².